The molecular formula is C19H22O3S. The van der Waals surface area contributed by atoms with Crippen molar-refractivity contribution in [3.05, 3.63) is 78.1 Å². The van der Waals surface area contributed by atoms with Crippen LogP contribution in [0.4, 0.5) is 0 Å². The van der Waals surface area contributed by atoms with Gasteiger partial charge < -0.3 is 4.74 Å². The van der Waals surface area contributed by atoms with Crippen LogP contribution in [0.5, 0.6) is 0 Å². The molecule has 2 aromatic rings. The fourth-order valence-electron chi connectivity index (χ4n) is 2.22. The Hall–Kier alpha value is -2.07. The molecule has 1 atom stereocenters. The molecule has 4 heteroatoms. The molecule has 0 fully saturated rings. The van der Waals surface area contributed by atoms with E-state index in [1.165, 1.54) is 6.26 Å². The van der Waals surface area contributed by atoms with Gasteiger partial charge in [0, 0.05) is 0 Å². The molecule has 0 saturated carbocycles. The third-order valence-corrected chi connectivity index (χ3v) is 5.85. The average molecular weight is 330 g/mol. The molecule has 2 aromatic carbocycles. The number of benzene rings is 2. The Morgan fingerprint density at radius 1 is 1.04 bits per heavy atom. The van der Waals surface area contributed by atoms with E-state index in [4.69, 9.17) is 4.74 Å². The van der Waals surface area contributed by atoms with Gasteiger partial charge in [-0.25, -0.2) is 8.42 Å². The third-order valence-electron chi connectivity index (χ3n) is 3.63. The summed E-state index contributed by atoms with van der Waals surface area (Å²) >= 11 is 0. The molecular weight excluding hydrogens is 308 g/mol. The minimum absolute atomic E-state index is 0.350. The van der Waals surface area contributed by atoms with E-state index in [0.717, 1.165) is 11.1 Å². The van der Waals surface area contributed by atoms with E-state index >= 15 is 0 Å². The van der Waals surface area contributed by atoms with Gasteiger partial charge in [-0.05, 0) is 37.1 Å². The summed E-state index contributed by atoms with van der Waals surface area (Å²) in [5, 5.41) is -0.582. The van der Waals surface area contributed by atoms with Gasteiger partial charge in [0.05, 0.1) is 16.4 Å². The van der Waals surface area contributed by atoms with E-state index in [1.54, 1.807) is 18.2 Å². The van der Waals surface area contributed by atoms with Crippen LogP contribution in [0.3, 0.4) is 0 Å². The lowest BCUT2D eigenvalue weighted by molar-refractivity contribution is 0.235. The van der Waals surface area contributed by atoms with E-state index < -0.39 is 15.1 Å². The second-order valence-corrected chi connectivity index (χ2v) is 7.60. The third kappa shape index (κ3) is 4.70. The second kappa shape index (κ2) is 7.97. The van der Waals surface area contributed by atoms with Crippen molar-refractivity contribution in [3.63, 3.8) is 0 Å². The smallest absolute Gasteiger partial charge is 0.184 e. The molecule has 0 aliphatic carbocycles. The number of aryl methyl sites for hydroxylation is 1. The molecule has 0 radical (unpaired) electrons. The quantitative estimate of drug-likeness (QED) is 0.712. The normalized spacial score (nSPS) is 13.1. The Labute approximate surface area is 138 Å². The molecule has 23 heavy (non-hydrogen) atoms. The molecule has 0 aliphatic heterocycles. The van der Waals surface area contributed by atoms with Crippen LogP contribution in [0.25, 0.3) is 0 Å². The van der Waals surface area contributed by atoms with Crippen molar-refractivity contribution in [1.29, 1.82) is 0 Å². The van der Waals surface area contributed by atoms with Crippen molar-refractivity contribution in [1.82, 2.24) is 0 Å². The highest BCUT2D eigenvalue weighted by molar-refractivity contribution is 7.92. The van der Waals surface area contributed by atoms with Gasteiger partial charge in [0.25, 0.3) is 0 Å². The second-order valence-electron chi connectivity index (χ2n) is 5.43. The van der Waals surface area contributed by atoms with Crippen LogP contribution >= 0.6 is 0 Å². The van der Waals surface area contributed by atoms with Crippen LogP contribution in [-0.4, -0.2) is 13.7 Å². The molecule has 122 valence electrons. The number of rotatable bonds is 7. The highest BCUT2D eigenvalue weighted by Crippen LogP contribution is 2.20. The summed E-state index contributed by atoms with van der Waals surface area (Å²) in [4.78, 5) is 0.350. The number of hydrogen-bond acceptors (Lipinski definition) is 3. The number of hydrogen-bond donors (Lipinski definition) is 0. The molecule has 2 rings (SSSR count). The Kier molecular flexibility index (Phi) is 5.99. The summed E-state index contributed by atoms with van der Waals surface area (Å²) in [6, 6.07) is 16.7. The Balaban J connectivity index is 2.03. The van der Waals surface area contributed by atoms with Crippen LogP contribution < -0.4 is 0 Å². The van der Waals surface area contributed by atoms with E-state index in [1.807, 2.05) is 56.3 Å². The predicted molar refractivity (Wildman–Crippen MR) is 92.8 cm³/mol. The Bertz CT molecular complexity index is 732. The van der Waals surface area contributed by atoms with Crippen LogP contribution in [0.2, 0.25) is 0 Å². The maximum Gasteiger partial charge on any atom is 0.184 e. The standard InChI is InChI=1S/C19H22O3S/c1-3-18(13-14-22-15-17-7-5-4-6-8-17)23(20,21)19-11-9-16(2)10-12-19/h4-14,18H,3,15H2,1-2H3/b14-13-. The minimum atomic E-state index is -3.38. The van der Waals surface area contributed by atoms with Gasteiger partial charge in [0.1, 0.15) is 6.61 Å². The SMILES string of the molecule is CCC(/C=C\OCc1ccccc1)S(=O)(=O)c1ccc(C)cc1. The van der Waals surface area contributed by atoms with E-state index in [-0.39, 0.29) is 0 Å². The van der Waals surface area contributed by atoms with Gasteiger partial charge in [0.2, 0.25) is 0 Å². The lowest BCUT2D eigenvalue weighted by atomic mass is 10.2. The summed E-state index contributed by atoms with van der Waals surface area (Å²) in [5.74, 6) is 0. The first-order valence-corrected chi connectivity index (χ1v) is 9.21. The monoisotopic (exact) mass is 330 g/mol. The van der Waals surface area contributed by atoms with E-state index in [9.17, 15) is 8.42 Å². The molecule has 0 bridgehead atoms. The minimum Gasteiger partial charge on any atom is -0.497 e. The van der Waals surface area contributed by atoms with Crippen LogP contribution in [0, 0.1) is 6.92 Å². The largest absolute Gasteiger partial charge is 0.497 e. The first-order chi connectivity index (χ1) is 11.0. The Morgan fingerprint density at radius 3 is 2.30 bits per heavy atom. The van der Waals surface area contributed by atoms with Gasteiger partial charge in [-0.15, -0.1) is 0 Å². The topological polar surface area (TPSA) is 43.4 Å². The van der Waals surface area contributed by atoms with Crippen molar-refractivity contribution in [3.8, 4) is 0 Å². The molecule has 0 N–H and O–H groups in total. The Morgan fingerprint density at radius 2 is 1.70 bits per heavy atom. The van der Waals surface area contributed by atoms with Gasteiger partial charge in [-0.1, -0.05) is 55.0 Å². The summed E-state index contributed by atoms with van der Waals surface area (Å²) in [5.41, 5.74) is 2.09. The molecule has 0 amide bonds. The molecule has 3 nitrogen and oxygen atoms in total. The lowest BCUT2D eigenvalue weighted by Gasteiger charge is -2.12. The van der Waals surface area contributed by atoms with Crippen LogP contribution in [0.15, 0.2) is 71.8 Å². The number of ether oxygens (including phenoxy) is 1. The summed E-state index contributed by atoms with van der Waals surface area (Å²) < 4.78 is 30.7. The van der Waals surface area contributed by atoms with Gasteiger partial charge >= 0.3 is 0 Å². The van der Waals surface area contributed by atoms with Gasteiger partial charge in [0.15, 0.2) is 9.84 Å². The first kappa shape index (κ1) is 17.3. The molecule has 0 aliphatic rings. The first-order valence-electron chi connectivity index (χ1n) is 7.67. The van der Waals surface area contributed by atoms with Gasteiger partial charge in [-0.3, -0.25) is 0 Å². The summed E-state index contributed by atoms with van der Waals surface area (Å²) in [7, 11) is -3.38. The zero-order chi connectivity index (χ0) is 16.7. The summed E-state index contributed by atoms with van der Waals surface area (Å²) in [6.45, 7) is 4.22. The molecule has 0 aromatic heterocycles. The maximum atomic E-state index is 12.6. The molecule has 1 unspecified atom stereocenters. The predicted octanol–water partition coefficient (Wildman–Crippen LogP) is 4.28. The summed E-state index contributed by atoms with van der Waals surface area (Å²) in [6.07, 6.45) is 3.62. The van der Waals surface area contributed by atoms with Crippen LogP contribution in [-0.2, 0) is 21.2 Å². The van der Waals surface area contributed by atoms with E-state index in [2.05, 4.69) is 0 Å². The van der Waals surface area contributed by atoms with Gasteiger partial charge in [-0.2, -0.15) is 0 Å². The zero-order valence-corrected chi connectivity index (χ0v) is 14.3. The lowest BCUT2D eigenvalue weighted by Crippen LogP contribution is -2.18. The van der Waals surface area contributed by atoms with Crippen molar-refractivity contribution < 1.29 is 13.2 Å². The van der Waals surface area contributed by atoms with Crippen LogP contribution in [0.1, 0.15) is 24.5 Å². The molecule has 0 spiro atoms. The molecule has 0 saturated heterocycles. The number of sulfone groups is 1. The van der Waals surface area contributed by atoms with Crippen molar-refractivity contribution >= 4 is 9.84 Å². The van der Waals surface area contributed by atoms with E-state index in [0.29, 0.717) is 17.9 Å². The highest BCUT2D eigenvalue weighted by Gasteiger charge is 2.23. The molecule has 0 heterocycles. The fourth-order valence-corrected chi connectivity index (χ4v) is 3.80. The van der Waals surface area contributed by atoms with Crippen molar-refractivity contribution in [2.45, 2.75) is 37.0 Å². The zero-order valence-electron chi connectivity index (χ0n) is 13.5. The van der Waals surface area contributed by atoms with Crippen molar-refractivity contribution in [2.24, 2.45) is 0 Å². The highest BCUT2D eigenvalue weighted by atomic mass is 32.2. The average Bonchev–Trinajstić information content (AvgIpc) is 2.56. The fraction of sp³-hybridized carbons (Fsp3) is 0.263. The maximum absolute atomic E-state index is 12.6. The van der Waals surface area contributed by atoms with Crippen molar-refractivity contribution in [2.75, 3.05) is 0 Å².